The summed E-state index contributed by atoms with van der Waals surface area (Å²) in [5, 5.41) is 9.74. The minimum atomic E-state index is -0.297. The summed E-state index contributed by atoms with van der Waals surface area (Å²) in [5.74, 6) is 1.83. The normalized spacial score (nSPS) is 15.8. The number of nitrogens with zero attached hydrogens (tertiary/aromatic N) is 4. The zero-order valence-electron chi connectivity index (χ0n) is 18.8. The number of aliphatic hydroxyl groups excluding tert-OH is 1. The van der Waals surface area contributed by atoms with E-state index in [2.05, 4.69) is 60.0 Å². The van der Waals surface area contributed by atoms with Crippen LogP contribution < -0.4 is 4.90 Å². The summed E-state index contributed by atoms with van der Waals surface area (Å²) < 4.78 is 0. The molecule has 0 aliphatic carbocycles. The molecule has 0 spiro atoms. The maximum Gasteiger partial charge on any atom is 0.161 e. The van der Waals surface area contributed by atoms with Gasteiger partial charge in [-0.2, -0.15) is 0 Å². The molecule has 1 aromatic heterocycles. The van der Waals surface area contributed by atoms with Crippen LogP contribution in [0.15, 0.2) is 54.6 Å². The van der Waals surface area contributed by atoms with Gasteiger partial charge >= 0.3 is 0 Å². The molecule has 0 radical (unpaired) electrons. The third-order valence-electron chi connectivity index (χ3n) is 5.92. The van der Waals surface area contributed by atoms with Crippen molar-refractivity contribution in [3.05, 3.63) is 77.0 Å². The van der Waals surface area contributed by atoms with Gasteiger partial charge < -0.3 is 10.0 Å². The van der Waals surface area contributed by atoms with E-state index >= 15 is 0 Å². The second-order valence-electron chi connectivity index (χ2n) is 8.60. The van der Waals surface area contributed by atoms with Crippen molar-refractivity contribution in [1.29, 1.82) is 0 Å². The summed E-state index contributed by atoms with van der Waals surface area (Å²) in [7, 11) is 0. The number of aliphatic hydroxyl groups is 1. The molecule has 1 atom stereocenters. The second-order valence-corrected chi connectivity index (χ2v) is 8.60. The van der Waals surface area contributed by atoms with Crippen LogP contribution in [0.2, 0.25) is 0 Å². The smallest absolute Gasteiger partial charge is 0.161 e. The van der Waals surface area contributed by atoms with Crippen LogP contribution in [0.3, 0.4) is 0 Å². The number of rotatable bonds is 6. The van der Waals surface area contributed by atoms with Crippen LogP contribution >= 0.6 is 0 Å². The highest BCUT2D eigenvalue weighted by Gasteiger charge is 2.23. The highest BCUT2D eigenvalue weighted by atomic mass is 16.3. The molecule has 5 heteroatoms. The van der Waals surface area contributed by atoms with E-state index in [1.54, 1.807) is 0 Å². The van der Waals surface area contributed by atoms with Crippen LogP contribution in [-0.2, 0) is 6.42 Å². The minimum absolute atomic E-state index is 0.297. The van der Waals surface area contributed by atoms with Gasteiger partial charge in [0.25, 0.3) is 0 Å². The van der Waals surface area contributed by atoms with Crippen LogP contribution in [0.1, 0.15) is 29.3 Å². The number of aromatic nitrogens is 2. The van der Waals surface area contributed by atoms with Crippen LogP contribution in [0.4, 0.5) is 5.82 Å². The molecule has 2 heterocycles. The molecular formula is C26H32N4O. The quantitative estimate of drug-likeness (QED) is 0.661. The third kappa shape index (κ3) is 5.30. The van der Waals surface area contributed by atoms with Crippen molar-refractivity contribution in [3.63, 3.8) is 0 Å². The average Bonchev–Trinajstić information content (AvgIpc) is 2.77. The molecule has 1 aliphatic rings. The standard InChI is InChI=1S/C26H32N4O/c1-19-9-11-22(12-10-19)17-24-21(3)27-25(23-7-5-4-6-8-23)28-26(24)30-15-13-29(14-16-30)18-20(2)31/h4-12,20,31H,13-18H2,1-3H3/t20-/m1/s1. The monoisotopic (exact) mass is 416 g/mol. The Hall–Kier alpha value is -2.76. The first-order valence-corrected chi connectivity index (χ1v) is 11.1. The molecule has 0 bridgehead atoms. The molecule has 162 valence electrons. The SMILES string of the molecule is Cc1ccc(Cc2c(C)nc(-c3ccccc3)nc2N2CCN(C[C@@H](C)O)CC2)cc1. The first-order chi connectivity index (χ1) is 15.0. The van der Waals surface area contributed by atoms with Crippen molar-refractivity contribution in [2.75, 3.05) is 37.6 Å². The van der Waals surface area contributed by atoms with Gasteiger partial charge in [-0.05, 0) is 26.3 Å². The topological polar surface area (TPSA) is 52.5 Å². The lowest BCUT2D eigenvalue weighted by Crippen LogP contribution is -2.48. The summed E-state index contributed by atoms with van der Waals surface area (Å²) in [4.78, 5) is 14.7. The van der Waals surface area contributed by atoms with Crippen molar-refractivity contribution >= 4 is 5.82 Å². The first kappa shape index (κ1) is 21.5. The molecule has 1 aliphatic heterocycles. The highest BCUT2D eigenvalue weighted by molar-refractivity contribution is 5.61. The number of β-amino-alcohol motifs (C(OH)–C–C–N with tert-alkyl or cyclic N) is 1. The summed E-state index contributed by atoms with van der Waals surface area (Å²) >= 11 is 0. The Labute approximate surface area is 185 Å². The van der Waals surface area contributed by atoms with Crippen molar-refractivity contribution in [2.45, 2.75) is 33.3 Å². The zero-order valence-corrected chi connectivity index (χ0v) is 18.8. The molecule has 1 saturated heterocycles. The molecular weight excluding hydrogens is 384 g/mol. The van der Waals surface area contributed by atoms with E-state index in [1.165, 1.54) is 16.7 Å². The number of piperazine rings is 1. The Morgan fingerprint density at radius 2 is 1.58 bits per heavy atom. The molecule has 1 fully saturated rings. The van der Waals surface area contributed by atoms with Gasteiger partial charge in [-0.3, -0.25) is 4.90 Å². The lowest BCUT2D eigenvalue weighted by molar-refractivity contribution is 0.122. The molecule has 0 saturated carbocycles. The van der Waals surface area contributed by atoms with Gasteiger partial charge in [0, 0.05) is 56.0 Å². The minimum Gasteiger partial charge on any atom is -0.392 e. The number of hydrogen-bond acceptors (Lipinski definition) is 5. The molecule has 0 unspecified atom stereocenters. The zero-order chi connectivity index (χ0) is 21.8. The van der Waals surface area contributed by atoms with E-state index in [1.807, 2.05) is 25.1 Å². The van der Waals surface area contributed by atoms with Gasteiger partial charge in [0.15, 0.2) is 5.82 Å². The first-order valence-electron chi connectivity index (χ1n) is 11.1. The summed E-state index contributed by atoms with van der Waals surface area (Å²) in [6.07, 6.45) is 0.527. The van der Waals surface area contributed by atoms with Gasteiger partial charge in [-0.1, -0.05) is 60.2 Å². The molecule has 31 heavy (non-hydrogen) atoms. The van der Waals surface area contributed by atoms with E-state index < -0.39 is 0 Å². The second kappa shape index (κ2) is 9.58. The van der Waals surface area contributed by atoms with E-state index in [-0.39, 0.29) is 6.10 Å². The summed E-state index contributed by atoms with van der Waals surface area (Å²) in [6, 6.07) is 18.9. The Balaban J connectivity index is 1.67. The lowest BCUT2D eigenvalue weighted by Gasteiger charge is -2.37. The molecule has 2 aromatic carbocycles. The number of anilines is 1. The van der Waals surface area contributed by atoms with Crippen LogP contribution in [0.25, 0.3) is 11.4 Å². The predicted octanol–water partition coefficient (Wildman–Crippen LogP) is 3.85. The van der Waals surface area contributed by atoms with E-state index in [4.69, 9.17) is 9.97 Å². The molecule has 0 amide bonds. The molecule has 1 N–H and O–H groups in total. The van der Waals surface area contributed by atoms with Gasteiger partial charge in [0.1, 0.15) is 5.82 Å². The Kier molecular flexibility index (Phi) is 6.64. The lowest BCUT2D eigenvalue weighted by atomic mass is 10.0. The average molecular weight is 417 g/mol. The summed E-state index contributed by atoms with van der Waals surface area (Å²) in [6.45, 7) is 10.5. The van der Waals surface area contributed by atoms with Crippen molar-refractivity contribution in [1.82, 2.24) is 14.9 Å². The van der Waals surface area contributed by atoms with Gasteiger partial charge in [0.05, 0.1) is 6.10 Å². The Morgan fingerprint density at radius 3 is 2.23 bits per heavy atom. The summed E-state index contributed by atoms with van der Waals surface area (Å²) in [5.41, 5.74) is 5.83. The Morgan fingerprint density at radius 1 is 0.903 bits per heavy atom. The Bertz CT molecular complexity index is 994. The maximum atomic E-state index is 9.74. The molecule has 3 aromatic rings. The van der Waals surface area contributed by atoms with Crippen molar-refractivity contribution in [3.8, 4) is 11.4 Å². The fraction of sp³-hybridized carbons (Fsp3) is 0.385. The van der Waals surface area contributed by atoms with Gasteiger partial charge in [-0.15, -0.1) is 0 Å². The predicted molar refractivity (Wildman–Crippen MR) is 127 cm³/mol. The highest BCUT2D eigenvalue weighted by Crippen LogP contribution is 2.28. The number of hydrogen-bond donors (Lipinski definition) is 1. The third-order valence-corrected chi connectivity index (χ3v) is 5.92. The number of benzene rings is 2. The van der Waals surface area contributed by atoms with Crippen LogP contribution in [0, 0.1) is 13.8 Å². The van der Waals surface area contributed by atoms with E-state index in [0.29, 0.717) is 0 Å². The van der Waals surface area contributed by atoms with Crippen molar-refractivity contribution in [2.24, 2.45) is 0 Å². The molecule has 4 rings (SSSR count). The fourth-order valence-electron chi connectivity index (χ4n) is 4.19. The van der Waals surface area contributed by atoms with E-state index in [0.717, 1.165) is 62.0 Å². The molecule has 5 nitrogen and oxygen atoms in total. The maximum absolute atomic E-state index is 9.74. The fourth-order valence-corrected chi connectivity index (χ4v) is 4.19. The van der Waals surface area contributed by atoms with Gasteiger partial charge in [0.2, 0.25) is 0 Å². The number of aryl methyl sites for hydroxylation is 2. The van der Waals surface area contributed by atoms with Crippen LogP contribution in [-0.4, -0.2) is 58.8 Å². The largest absolute Gasteiger partial charge is 0.392 e. The van der Waals surface area contributed by atoms with E-state index in [9.17, 15) is 5.11 Å². The van der Waals surface area contributed by atoms with Crippen LogP contribution in [0.5, 0.6) is 0 Å². The van der Waals surface area contributed by atoms with Crippen molar-refractivity contribution < 1.29 is 5.11 Å². The van der Waals surface area contributed by atoms with Gasteiger partial charge in [-0.25, -0.2) is 9.97 Å².